The second-order valence-corrected chi connectivity index (χ2v) is 23.2. The fraction of sp³-hybridized carbons (Fsp3) is 1.00. The lowest BCUT2D eigenvalue weighted by molar-refractivity contribution is 0.0928. The van der Waals surface area contributed by atoms with Crippen LogP contribution in [0.2, 0.25) is 51.4 Å². The van der Waals surface area contributed by atoms with E-state index >= 15 is 0 Å². The molecular weight excluding hydrogens is 517 g/mol. The van der Waals surface area contributed by atoms with E-state index in [9.17, 15) is 0 Å². The predicted molar refractivity (Wildman–Crippen MR) is 175 cm³/mol. The monoisotopic (exact) mass is 590 g/mol. The van der Waals surface area contributed by atoms with Crippen molar-refractivity contribution in [3.8, 4) is 0 Å². The second-order valence-electron chi connectivity index (χ2n) is 10.7. The van der Waals surface area contributed by atoms with Crippen LogP contribution < -0.4 is 0 Å². The quantitative estimate of drug-likeness (QED) is 0.147. The zero-order chi connectivity index (χ0) is 31.0. The molecule has 0 radical (unpaired) electrons. The van der Waals surface area contributed by atoms with Crippen LogP contribution in [0.5, 0.6) is 0 Å². The van der Waals surface area contributed by atoms with E-state index in [-0.39, 0.29) is 13.2 Å². The first-order chi connectivity index (χ1) is 17.0. The highest BCUT2D eigenvalue weighted by Crippen LogP contribution is 2.25. The van der Waals surface area contributed by atoms with E-state index in [1.165, 1.54) is 24.9 Å². The summed E-state index contributed by atoms with van der Waals surface area (Å²) in [5, 5.41) is 23.6. The molecule has 0 aliphatic carbocycles. The third-order valence-electron chi connectivity index (χ3n) is 3.56. The van der Waals surface area contributed by atoms with Crippen LogP contribution in [0.25, 0.3) is 0 Å². The number of hydrogen-bond acceptors (Lipinski definition) is 6. The second kappa shape index (κ2) is 36.4. The number of aliphatic hydroxyl groups excluding tert-OH is 3. The Morgan fingerprint density at radius 2 is 0.865 bits per heavy atom. The van der Waals surface area contributed by atoms with Crippen molar-refractivity contribution in [3.63, 3.8) is 0 Å². The molecule has 0 aliphatic heterocycles. The maximum Gasteiger partial charge on any atom is 0.311 e. The van der Waals surface area contributed by atoms with E-state index in [2.05, 4.69) is 73.9 Å². The normalized spacial score (nSPS) is 10.7. The Bertz CT molecular complexity index is 352. The minimum atomic E-state index is -1.93. The molecule has 0 amide bonds. The molecule has 3 N–H and O–H groups in total. The van der Waals surface area contributed by atoms with Crippen molar-refractivity contribution in [1.82, 2.24) is 0 Å². The molecule has 0 unspecified atom stereocenters. The highest BCUT2D eigenvalue weighted by atomic mass is 28.5. The van der Waals surface area contributed by atoms with Crippen molar-refractivity contribution in [2.24, 2.45) is 5.92 Å². The molecule has 0 fully saturated rings. The highest BCUT2D eigenvalue weighted by molar-refractivity contribution is 6.87. The van der Waals surface area contributed by atoms with Crippen molar-refractivity contribution >= 4 is 25.2 Å². The Morgan fingerprint density at radius 3 is 1.05 bits per heavy atom. The fourth-order valence-corrected chi connectivity index (χ4v) is 17.4. The Kier molecular flexibility index (Phi) is 49.5. The minimum Gasteiger partial charge on any atom is -0.437 e. The summed E-state index contributed by atoms with van der Waals surface area (Å²) in [4.78, 5) is 0. The van der Waals surface area contributed by atoms with E-state index in [1.54, 1.807) is 6.92 Å². The van der Waals surface area contributed by atoms with Gasteiger partial charge < -0.3 is 28.3 Å². The molecule has 0 aromatic heterocycles. The maximum atomic E-state index is 8.17. The molecule has 0 bridgehead atoms. The predicted octanol–water partition coefficient (Wildman–Crippen LogP) is 8.43. The molecule has 0 aromatic carbocycles. The van der Waals surface area contributed by atoms with Crippen LogP contribution in [-0.4, -0.2) is 73.5 Å². The van der Waals surface area contributed by atoms with Crippen LogP contribution in [0, 0.1) is 5.92 Å². The van der Waals surface area contributed by atoms with Gasteiger partial charge in [-0.2, -0.15) is 0 Å². The lowest BCUT2D eigenvalue weighted by Crippen LogP contribution is -2.52. The van der Waals surface area contributed by atoms with Gasteiger partial charge in [-0.05, 0) is 77.1 Å². The summed E-state index contributed by atoms with van der Waals surface area (Å²) in [5.41, 5.74) is 0. The van der Waals surface area contributed by atoms with Gasteiger partial charge in [0.05, 0.1) is 13.2 Å². The van der Waals surface area contributed by atoms with E-state index in [4.69, 9.17) is 28.3 Å². The first-order valence-electron chi connectivity index (χ1n) is 14.8. The number of rotatable bonds is 13. The maximum absolute atomic E-state index is 8.17. The van der Waals surface area contributed by atoms with Gasteiger partial charge in [-0.3, -0.25) is 0 Å². The van der Waals surface area contributed by atoms with Crippen molar-refractivity contribution in [1.29, 1.82) is 0 Å². The third-order valence-corrected chi connectivity index (χ3v) is 15.3. The summed E-state index contributed by atoms with van der Waals surface area (Å²) in [7, 11) is -4.93. The van der Waals surface area contributed by atoms with Crippen LogP contribution >= 0.6 is 0 Å². The zero-order valence-electron chi connectivity index (χ0n) is 28.4. The standard InChI is InChI=1S/C12H32O2Si3.C5H12O2.C4H10.C3H8O.C2H6O.C2H6/c1-9-11-15(3,4)13-17(7,8)14-16(5,6)12-10-2;1-2-4-7-5-3-6;1-4(2)3;1-2-3-4;1-2-3;1-2/h9-12H2,1-8H3;6H,2-5H2,1H3;4H,1-3H3;4H,2-3H2,1H3;3H,2H2,1H3;1-2H3. The third kappa shape index (κ3) is 66.8. The molecule has 0 aliphatic rings. The largest absolute Gasteiger partial charge is 0.437 e. The average molecular weight is 591 g/mol. The topological polar surface area (TPSA) is 88.4 Å². The smallest absolute Gasteiger partial charge is 0.311 e. The van der Waals surface area contributed by atoms with Crippen LogP contribution in [-0.2, 0) is 13.0 Å². The molecular formula is C28H74O6Si3. The molecule has 234 valence electrons. The van der Waals surface area contributed by atoms with Gasteiger partial charge in [-0.1, -0.05) is 75.2 Å². The average Bonchev–Trinajstić information content (AvgIpc) is 2.74. The summed E-state index contributed by atoms with van der Waals surface area (Å²) >= 11 is 0. The minimum absolute atomic E-state index is 0.139. The van der Waals surface area contributed by atoms with Gasteiger partial charge in [0.1, 0.15) is 0 Å². The van der Waals surface area contributed by atoms with Gasteiger partial charge in [-0.25, -0.2) is 0 Å². The highest BCUT2D eigenvalue weighted by Gasteiger charge is 2.38. The SMILES string of the molecule is CC.CC(C)C.CCCO.CCCOCCO.CCC[Si](C)(C)O[Si](C)(C)O[Si](C)(C)CCC.CCO. The van der Waals surface area contributed by atoms with E-state index in [1.807, 2.05) is 27.7 Å². The molecule has 0 saturated heterocycles. The summed E-state index contributed by atoms with van der Waals surface area (Å²) in [6.45, 7) is 36.3. The van der Waals surface area contributed by atoms with Gasteiger partial charge in [-0.15, -0.1) is 0 Å². The van der Waals surface area contributed by atoms with Crippen molar-refractivity contribution in [2.75, 3.05) is 33.0 Å². The van der Waals surface area contributed by atoms with E-state index in [0.29, 0.717) is 13.2 Å². The molecule has 9 heteroatoms. The van der Waals surface area contributed by atoms with Gasteiger partial charge in [0, 0.05) is 19.8 Å². The summed E-state index contributed by atoms with van der Waals surface area (Å²) < 4.78 is 17.8. The lowest BCUT2D eigenvalue weighted by atomic mass is 10.3. The van der Waals surface area contributed by atoms with Gasteiger partial charge in [0.15, 0.2) is 16.6 Å². The number of aliphatic hydroxyl groups is 3. The number of hydrogen-bond donors (Lipinski definition) is 3. The molecule has 6 nitrogen and oxygen atoms in total. The summed E-state index contributed by atoms with van der Waals surface area (Å²) in [6, 6.07) is 2.48. The molecule has 0 atom stereocenters. The molecule has 0 heterocycles. The van der Waals surface area contributed by atoms with Gasteiger partial charge in [0.2, 0.25) is 0 Å². The first-order valence-corrected chi connectivity index (χ1v) is 23.9. The first kappa shape index (κ1) is 50.3. The number of ether oxygens (including phenoxy) is 1. The van der Waals surface area contributed by atoms with Crippen LogP contribution in [0.15, 0.2) is 0 Å². The summed E-state index contributed by atoms with van der Waals surface area (Å²) in [5.74, 6) is 0.833. The molecule has 0 spiro atoms. The Hall–Kier alpha value is 0.411. The van der Waals surface area contributed by atoms with Crippen molar-refractivity contribution in [3.05, 3.63) is 0 Å². The van der Waals surface area contributed by atoms with Crippen LogP contribution in [0.1, 0.15) is 94.9 Å². The van der Waals surface area contributed by atoms with Crippen LogP contribution in [0.3, 0.4) is 0 Å². The van der Waals surface area contributed by atoms with Crippen molar-refractivity contribution in [2.45, 2.75) is 146 Å². The van der Waals surface area contributed by atoms with Gasteiger partial charge >= 0.3 is 8.56 Å². The molecule has 0 saturated carbocycles. The Labute approximate surface area is 238 Å². The fourth-order valence-electron chi connectivity index (χ4n) is 2.97. The van der Waals surface area contributed by atoms with Crippen molar-refractivity contribution < 1.29 is 28.3 Å². The van der Waals surface area contributed by atoms with E-state index in [0.717, 1.165) is 25.4 Å². The molecule has 37 heavy (non-hydrogen) atoms. The Morgan fingerprint density at radius 1 is 0.568 bits per heavy atom. The Balaban J connectivity index is -0.0000000984. The zero-order valence-corrected chi connectivity index (χ0v) is 31.4. The van der Waals surface area contributed by atoms with Gasteiger partial charge in [0.25, 0.3) is 0 Å². The molecule has 0 aromatic rings. The lowest BCUT2D eigenvalue weighted by Gasteiger charge is -2.38. The summed E-state index contributed by atoms with van der Waals surface area (Å²) in [6.07, 6.45) is 4.35. The van der Waals surface area contributed by atoms with Crippen LogP contribution in [0.4, 0.5) is 0 Å². The van der Waals surface area contributed by atoms with E-state index < -0.39 is 25.2 Å². The molecule has 0 rings (SSSR count).